The average molecular weight is 348 g/mol. The van der Waals surface area contributed by atoms with E-state index in [-0.39, 0.29) is 5.91 Å². The van der Waals surface area contributed by atoms with Gasteiger partial charge in [-0.05, 0) is 35.7 Å². The lowest BCUT2D eigenvalue weighted by atomic mass is 10.3. The average Bonchev–Trinajstić information content (AvgIpc) is 3.23. The van der Waals surface area contributed by atoms with Crippen molar-refractivity contribution >= 4 is 28.8 Å². The van der Waals surface area contributed by atoms with Gasteiger partial charge >= 0.3 is 0 Å². The molecule has 1 N–H and O–H groups in total. The Kier molecular flexibility index (Phi) is 5.00. The van der Waals surface area contributed by atoms with Crippen LogP contribution in [0.4, 0.5) is 0 Å². The Balaban J connectivity index is 1.55. The molecule has 0 aliphatic heterocycles. The monoisotopic (exact) mass is 347 g/mol. The molecule has 4 nitrogen and oxygen atoms in total. The molecule has 118 valence electrons. The number of halogens is 1. The van der Waals surface area contributed by atoms with Crippen molar-refractivity contribution in [1.29, 1.82) is 0 Å². The predicted molar refractivity (Wildman–Crippen MR) is 90.0 cm³/mol. The number of para-hydroxylation sites is 1. The molecule has 0 fully saturated rings. The fraction of sp³-hybridized carbons (Fsp3) is 0.118. The fourth-order valence-electron chi connectivity index (χ4n) is 1.96. The number of carbonyl (C=O) groups excluding carboxylic acids is 1. The number of ether oxygens (including phenoxy) is 1. The van der Waals surface area contributed by atoms with Crippen LogP contribution in [0.1, 0.15) is 21.0 Å². The van der Waals surface area contributed by atoms with Crippen LogP contribution in [-0.2, 0) is 13.2 Å². The van der Waals surface area contributed by atoms with Crippen LogP contribution < -0.4 is 10.1 Å². The molecule has 0 spiro atoms. The number of benzene rings is 1. The molecule has 3 rings (SSSR count). The highest BCUT2D eigenvalue weighted by Crippen LogP contribution is 2.25. The number of hydrogen-bond acceptors (Lipinski definition) is 4. The quantitative estimate of drug-likeness (QED) is 0.714. The molecule has 0 unspecified atom stereocenters. The summed E-state index contributed by atoms with van der Waals surface area (Å²) in [4.78, 5) is 12.7. The fourth-order valence-corrected chi connectivity index (χ4v) is 2.96. The van der Waals surface area contributed by atoms with Crippen LogP contribution >= 0.6 is 22.9 Å². The Hall–Kier alpha value is -2.24. The Morgan fingerprint density at radius 1 is 1.26 bits per heavy atom. The molecule has 0 bridgehead atoms. The summed E-state index contributed by atoms with van der Waals surface area (Å²) in [6, 6.07) is 12.7. The minimum atomic E-state index is -0.129. The minimum absolute atomic E-state index is 0.129. The molecule has 2 heterocycles. The highest BCUT2D eigenvalue weighted by Gasteiger charge is 2.10. The van der Waals surface area contributed by atoms with E-state index < -0.39 is 0 Å². The molecular formula is C17H14ClNO3S. The lowest BCUT2D eigenvalue weighted by molar-refractivity contribution is 0.0952. The summed E-state index contributed by atoms with van der Waals surface area (Å²) in [5, 5.41) is 5.28. The lowest BCUT2D eigenvalue weighted by Gasteiger charge is -2.06. The second-order valence-corrected chi connectivity index (χ2v) is 6.12. The van der Waals surface area contributed by atoms with E-state index in [9.17, 15) is 4.79 Å². The van der Waals surface area contributed by atoms with Crippen molar-refractivity contribution in [2.45, 2.75) is 13.2 Å². The highest BCUT2D eigenvalue weighted by atomic mass is 35.5. The van der Waals surface area contributed by atoms with Gasteiger partial charge in [0.1, 0.15) is 18.1 Å². The third-order valence-electron chi connectivity index (χ3n) is 3.11. The first kappa shape index (κ1) is 15.6. The first-order chi connectivity index (χ1) is 11.2. The Bertz CT molecular complexity index is 783. The summed E-state index contributed by atoms with van der Waals surface area (Å²) in [6.45, 7) is 0.737. The molecule has 1 aromatic carbocycles. The van der Waals surface area contributed by atoms with Crippen molar-refractivity contribution in [3.05, 3.63) is 75.3 Å². The van der Waals surface area contributed by atoms with E-state index in [0.717, 1.165) is 11.3 Å². The first-order valence-electron chi connectivity index (χ1n) is 6.97. The number of amides is 1. The molecule has 6 heteroatoms. The lowest BCUT2D eigenvalue weighted by Crippen LogP contribution is -2.21. The van der Waals surface area contributed by atoms with E-state index in [1.807, 2.05) is 35.7 Å². The molecule has 0 saturated carbocycles. The van der Waals surface area contributed by atoms with Crippen molar-refractivity contribution in [2.75, 3.05) is 0 Å². The molecule has 0 radical (unpaired) electrons. The molecule has 3 aromatic rings. The van der Waals surface area contributed by atoms with Crippen LogP contribution in [0.25, 0.3) is 0 Å². The van der Waals surface area contributed by atoms with E-state index in [1.54, 1.807) is 18.4 Å². The van der Waals surface area contributed by atoms with E-state index in [1.165, 1.54) is 11.3 Å². The molecule has 0 aliphatic rings. The molecular weight excluding hydrogens is 334 g/mol. The standard InChI is InChI=1S/C17H14ClNO3S/c18-14-5-1-2-6-15(14)22-10-12-8-16(23-11-12)17(20)19-9-13-4-3-7-21-13/h1-8,11H,9-10H2,(H,19,20). The van der Waals surface area contributed by atoms with Gasteiger partial charge in [0.15, 0.2) is 0 Å². The minimum Gasteiger partial charge on any atom is -0.487 e. The van der Waals surface area contributed by atoms with E-state index in [0.29, 0.717) is 28.8 Å². The number of rotatable bonds is 6. The van der Waals surface area contributed by atoms with Gasteiger partial charge in [0.2, 0.25) is 0 Å². The molecule has 23 heavy (non-hydrogen) atoms. The maximum Gasteiger partial charge on any atom is 0.261 e. The van der Waals surface area contributed by atoms with Crippen molar-refractivity contribution in [1.82, 2.24) is 5.32 Å². The molecule has 2 aromatic heterocycles. The van der Waals surface area contributed by atoms with Gasteiger partial charge in [-0.3, -0.25) is 4.79 Å². The number of thiophene rings is 1. The summed E-state index contributed by atoms with van der Waals surface area (Å²) in [5.41, 5.74) is 0.929. The molecule has 0 aliphatic carbocycles. The number of furan rings is 1. The summed E-state index contributed by atoms with van der Waals surface area (Å²) >= 11 is 7.42. The zero-order valence-electron chi connectivity index (χ0n) is 12.1. The van der Waals surface area contributed by atoms with Gasteiger partial charge in [-0.25, -0.2) is 0 Å². The van der Waals surface area contributed by atoms with Crippen LogP contribution in [-0.4, -0.2) is 5.91 Å². The second-order valence-electron chi connectivity index (χ2n) is 4.80. The van der Waals surface area contributed by atoms with Gasteiger partial charge < -0.3 is 14.5 Å². The van der Waals surface area contributed by atoms with Crippen LogP contribution in [0.3, 0.4) is 0 Å². The number of carbonyl (C=O) groups is 1. The van der Waals surface area contributed by atoms with Crippen molar-refractivity contribution in [2.24, 2.45) is 0 Å². The van der Waals surface area contributed by atoms with Gasteiger partial charge in [0.25, 0.3) is 5.91 Å². The smallest absolute Gasteiger partial charge is 0.261 e. The summed E-state index contributed by atoms with van der Waals surface area (Å²) in [7, 11) is 0. The summed E-state index contributed by atoms with van der Waals surface area (Å²) in [5.74, 6) is 1.22. The molecule has 0 atom stereocenters. The van der Waals surface area contributed by atoms with Gasteiger partial charge in [-0.2, -0.15) is 0 Å². The Morgan fingerprint density at radius 2 is 2.13 bits per heavy atom. The van der Waals surface area contributed by atoms with Gasteiger partial charge in [-0.15, -0.1) is 11.3 Å². The topological polar surface area (TPSA) is 51.5 Å². The zero-order valence-corrected chi connectivity index (χ0v) is 13.7. The van der Waals surface area contributed by atoms with Crippen LogP contribution in [0.5, 0.6) is 5.75 Å². The van der Waals surface area contributed by atoms with E-state index in [4.69, 9.17) is 20.8 Å². The third kappa shape index (κ3) is 4.15. The van der Waals surface area contributed by atoms with Crippen molar-refractivity contribution in [3.8, 4) is 5.75 Å². The SMILES string of the molecule is O=C(NCc1ccco1)c1cc(COc2ccccc2Cl)cs1. The number of hydrogen-bond donors (Lipinski definition) is 1. The van der Waals surface area contributed by atoms with Crippen LogP contribution in [0.15, 0.2) is 58.5 Å². The third-order valence-corrected chi connectivity index (χ3v) is 4.40. The summed E-state index contributed by atoms with van der Waals surface area (Å²) in [6.07, 6.45) is 1.58. The summed E-state index contributed by atoms with van der Waals surface area (Å²) < 4.78 is 10.8. The largest absolute Gasteiger partial charge is 0.487 e. The second kappa shape index (κ2) is 7.35. The highest BCUT2D eigenvalue weighted by molar-refractivity contribution is 7.12. The predicted octanol–water partition coefficient (Wildman–Crippen LogP) is 4.50. The van der Waals surface area contributed by atoms with Crippen molar-refractivity contribution < 1.29 is 13.9 Å². The maximum atomic E-state index is 12.1. The Morgan fingerprint density at radius 3 is 2.91 bits per heavy atom. The van der Waals surface area contributed by atoms with Gasteiger partial charge in [0.05, 0.1) is 22.7 Å². The van der Waals surface area contributed by atoms with E-state index in [2.05, 4.69) is 5.32 Å². The van der Waals surface area contributed by atoms with Crippen LogP contribution in [0, 0.1) is 0 Å². The molecule has 1 amide bonds. The van der Waals surface area contributed by atoms with Gasteiger partial charge in [0, 0.05) is 5.56 Å². The normalized spacial score (nSPS) is 10.5. The van der Waals surface area contributed by atoms with E-state index >= 15 is 0 Å². The zero-order chi connectivity index (χ0) is 16.1. The maximum absolute atomic E-state index is 12.1. The number of nitrogens with one attached hydrogen (secondary N) is 1. The first-order valence-corrected chi connectivity index (χ1v) is 8.23. The van der Waals surface area contributed by atoms with Crippen LogP contribution in [0.2, 0.25) is 5.02 Å². The van der Waals surface area contributed by atoms with Gasteiger partial charge in [-0.1, -0.05) is 23.7 Å². The molecule has 0 saturated heterocycles. The Labute approximate surface area is 142 Å². The van der Waals surface area contributed by atoms with Crippen molar-refractivity contribution in [3.63, 3.8) is 0 Å².